The first-order valence-corrected chi connectivity index (χ1v) is 7.29. The van der Waals surface area contributed by atoms with Crippen LogP contribution >= 0.6 is 27.5 Å². The van der Waals surface area contributed by atoms with E-state index in [9.17, 15) is 5.11 Å². The fraction of sp³-hybridized carbons (Fsp3) is 0.250. The maximum Gasteiger partial charge on any atom is 0.0909 e. The SMILES string of the molecule is Cc1ccc(C(C)(O)Cc2ccc(Br)cc2)cc1Cl. The van der Waals surface area contributed by atoms with Gasteiger partial charge in [0.25, 0.3) is 0 Å². The summed E-state index contributed by atoms with van der Waals surface area (Å²) in [5.74, 6) is 0. The topological polar surface area (TPSA) is 20.2 Å². The second kappa shape index (κ2) is 5.66. The van der Waals surface area contributed by atoms with Gasteiger partial charge < -0.3 is 5.11 Å². The number of hydrogen-bond donors (Lipinski definition) is 1. The zero-order valence-electron chi connectivity index (χ0n) is 11.0. The van der Waals surface area contributed by atoms with E-state index in [-0.39, 0.29) is 0 Å². The molecule has 3 heteroatoms. The Kier molecular flexibility index (Phi) is 4.34. The molecule has 2 aromatic rings. The third-order valence-corrected chi connectivity index (χ3v) is 4.19. The van der Waals surface area contributed by atoms with Crippen molar-refractivity contribution in [2.75, 3.05) is 0 Å². The van der Waals surface area contributed by atoms with Gasteiger partial charge in [-0.1, -0.05) is 51.8 Å². The van der Waals surface area contributed by atoms with Crippen LogP contribution in [0, 0.1) is 6.92 Å². The van der Waals surface area contributed by atoms with Crippen LogP contribution in [0.25, 0.3) is 0 Å². The highest BCUT2D eigenvalue weighted by Crippen LogP contribution is 2.29. The van der Waals surface area contributed by atoms with E-state index in [0.717, 1.165) is 21.2 Å². The van der Waals surface area contributed by atoms with E-state index < -0.39 is 5.60 Å². The van der Waals surface area contributed by atoms with Crippen molar-refractivity contribution in [3.05, 3.63) is 68.7 Å². The molecule has 0 radical (unpaired) electrons. The van der Waals surface area contributed by atoms with Crippen LogP contribution in [-0.2, 0) is 12.0 Å². The summed E-state index contributed by atoms with van der Waals surface area (Å²) in [6.45, 7) is 3.77. The maximum absolute atomic E-state index is 10.7. The second-order valence-corrected chi connectivity index (χ2v) is 6.36. The largest absolute Gasteiger partial charge is 0.385 e. The van der Waals surface area contributed by atoms with Gasteiger partial charge in [0, 0.05) is 15.9 Å². The Morgan fingerprint density at radius 3 is 2.37 bits per heavy atom. The Morgan fingerprint density at radius 1 is 1.16 bits per heavy atom. The Morgan fingerprint density at radius 2 is 1.79 bits per heavy atom. The second-order valence-electron chi connectivity index (χ2n) is 5.04. The molecule has 0 fully saturated rings. The van der Waals surface area contributed by atoms with Crippen molar-refractivity contribution in [1.29, 1.82) is 0 Å². The summed E-state index contributed by atoms with van der Waals surface area (Å²) in [5.41, 5.74) is 2.02. The van der Waals surface area contributed by atoms with E-state index in [0.29, 0.717) is 11.4 Å². The molecule has 100 valence electrons. The Labute approximate surface area is 127 Å². The normalized spacial score (nSPS) is 14.2. The maximum atomic E-state index is 10.7. The molecule has 2 aromatic carbocycles. The molecule has 0 bridgehead atoms. The van der Waals surface area contributed by atoms with Gasteiger partial charge in [0.15, 0.2) is 0 Å². The summed E-state index contributed by atoms with van der Waals surface area (Å²) in [7, 11) is 0. The molecule has 0 saturated heterocycles. The molecule has 0 aliphatic carbocycles. The van der Waals surface area contributed by atoms with Gasteiger partial charge in [-0.3, -0.25) is 0 Å². The number of aryl methyl sites for hydroxylation is 1. The Bertz CT molecular complexity index is 576. The molecule has 1 atom stereocenters. The molecule has 2 rings (SSSR count). The van der Waals surface area contributed by atoms with Gasteiger partial charge in [-0.25, -0.2) is 0 Å². The lowest BCUT2D eigenvalue weighted by Gasteiger charge is -2.24. The highest BCUT2D eigenvalue weighted by molar-refractivity contribution is 9.10. The zero-order chi connectivity index (χ0) is 14.0. The molecule has 19 heavy (non-hydrogen) atoms. The summed E-state index contributed by atoms with van der Waals surface area (Å²) in [6.07, 6.45) is 0.555. The van der Waals surface area contributed by atoms with Crippen LogP contribution in [0.1, 0.15) is 23.6 Å². The smallest absolute Gasteiger partial charge is 0.0909 e. The number of hydrogen-bond acceptors (Lipinski definition) is 1. The summed E-state index contributed by atoms with van der Waals surface area (Å²) in [6, 6.07) is 13.7. The Balaban J connectivity index is 2.26. The molecule has 1 nitrogen and oxygen atoms in total. The van der Waals surface area contributed by atoms with Crippen molar-refractivity contribution in [3.8, 4) is 0 Å². The average Bonchev–Trinajstić information content (AvgIpc) is 2.35. The van der Waals surface area contributed by atoms with E-state index in [1.807, 2.05) is 56.3 Å². The van der Waals surface area contributed by atoms with Gasteiger partial charge in [0.2, 0.25) is 0 Å². The highest BCUT2D eigenvalue weighted by Gasteiger charge is 2.24. The van der Waals surface area contributed by atoms with Crippen LogP contribution in [0.4, 0.5) is 0 Å². The molecule has 0 heterocycles. The molecule has 1 unspecified atom stereocenters. The predicted molar refractivity (Wildman–Crippen MR) is 83.6 cm³/mol. The molecule has 0 aliphatic heterocycles. The van der Waals surface area contributed by atoms with Gasteiger partial charge in [0.1, 0.15) is 0 Å². The quantitative estimate of drug-likeness (QED) is 0.846. The third kappa shape index (κ3) is 3.59. The minimum atomic E-state index is -0.925. The van der Waals surface area contributed by atoms with Crippen molar-refractivity contribution in [3.63, 3.8) is 0 Å². The van der Waals surface area contributed by atoms with E-state index in [4.69, 9.17) is 11.6 Å². The fourth-order valence-electron chi connectivity index (χ4n) is 2.03. The lowest BCUT2D eigenvalue weighted by molar-refractivity contribution is 0.0576. The van der Waals surface area contributed by atoms with Crippen molar-refractivity contribution in [2.24, 2.45) is 0 Å². The van der Waals surface area contributed by atoms with Crippen LogP contribution in [-0.4, -0.2) is 5.11 Å². The van der Waals surface area contributed by atoms with Crippen LogP contribution < -0.4 is 0 Å². The average molecular weight is 340 g/mol. The van der Waals surface area contributed by atoms with Crippen LogP contribution in [0.15, 0.2) is 46.9 Å². The molecule has 0 aliphatic rings. The first kappa shape index (κ1) is 14.6. The molecule has 0 amide bonds. The summed E-state index contributed by atoms with van der Waals surface area (Å²) >= 11 is 9.53. The molecule has 0 aromatic heterocycles. The monoisotopic (exact) mass is 338 g/mol. The molecular formula is C16H16BrClO. The van der Waals surface area contributed by atoms with E-state index >= 15 is 0 Å². The van der Waals surface area contributed by atoms with Crippen molar-refractivity contribution < 1.29 is 5.11 Å². The zero-order valence-corrected chi connectivity index (χ0v) is 13.3. The van der Waals surface area contributed by atoms with Gasteiger partial charge in [-0.2, -0.15) is 0 Å². The molecular weight excluding hydrogens is 324 g/mol. The third-order valence-electron chi connectivity index (χ3n) is 3.26. The van der Waals surface area contributed by atoms with E-state index in [1.54, 1.807) is 0 Å². The number of benzene rings is 2. The van der Waals surface area contributed by atoms with E-state index in [2.05, 4.69) is 15.9 Å². The Hall–Kier alpha value is -0.830. The number of rotatable bonds is 3. The summed E-state index contributed by atoms with van der Waals surface area (Å²) in [5, 5.41) is 11.3. The van der Waals surface area contributed by atoms with Gasteiger partial charge in [-0.05, 0) is 48.7 Å². The molecule has 0 spiro atoms. The van der Waals surface area contributed by atoms with Crippen LogP contribution in [0.2, 0.25) is 5.02 Å². The van der Waals surface area contributed by atoms with Crippen LogP contribution in [0.3, 0.4) is 0 Å². The number of aliphatic hydroxyl groups is 1. The molecule has 1 N–H and O–H groups in total. The van der Waals surface area contributed by atoms with Crippen molar-refractivity contribution >= 4 is 27.5 Å². The van der Waals surface area contributed by atoms with Crippen molar-refractivity contribution in [1.82, 2.24) is 0 Å². The van der Waals surface area contributed by atoms with Crippen molar-refractivity contribution in [2.45, 2.75) is 25.9 Å². The predicted octanol–water partition coefficient (Wildman–Crippen LogP) is 4.86. The first-order chi connectivity index (χ1) is 8.88. The fourth-order valence-corrected chi connectivity index (χ4v) is 2.47. The van der Waals surface area contributed by atoms with Gasteiger partial charge in [-0.15, -0.1) is 0 Å². The van der Waals surface area contributed by atoms with E-state index in [1.165, 1.54) is 0 Å². The number of halogens is 2. The minimum absolute atomic E-state index is 0.555. The molecule has 0 saturated carbocycles. The first-order valence-electron chi connectivity index (χ1n) is 6.12. The van der Waals surface area contributed by atoms with Gasteiger partial charge >= 0.3 is 0 Å². The lowest BCUT2D eigenvalue weighted by Crippen LogP contribution is -2.24. The van der Waals surface area contributed by atoms with Crippen LogP contribution in [0.5, 0.6) is 0 Å². The highest BCUT2D eigenvalue weighted by atomic mass is 79.9. The van der Waals surface area contributed by atoms with Gasteiger partial charge in [0.05, 0.1) is 5.60 Å². The summed E-state index contributed by atoms with van der Waals surface area (Å²) in [4.78, 5) is 0. The minimum Gasteiger partial charge on any atom is -0.385 e. The standard InChI is InChI=1S/C16H16BrClO/c1-11-3-6-13(9-15(11)18)16(2,19)10-12-4-7-14(17)8-5-12/h3-9,19H,10H2,1-2H3. The lowest BCUT2D eigenvalue weighted by atomic mass is 9.89. The summed E-state index contributed by atoms with van der Waals surface area (Å²) < 4.78 is 1.04.